The number of benzene rings is 2. The summed E-state index contributed by atoms with van der Waals surface area (Å²) in [5.74, 6) is 0.245. The van der Waals surface area contributed by atoms with Crippen LogP contribution in [0.1, 0.15) is 41.9 Å². The maximum Gasteiger partial charge on any atom is 0.312 e. The van der Waals surface area contributed by atoms with E-state index in [-0.39, 0.29) is 30.6 Å². The quantitative estimate of drug-likeness (QED) is 0.419. The van der Waals surface area contributed by atoms with Crippen molar-refractivity contribution in [2.24, 2.45) is 5.92 Å². The number of hydrogen-bond donors (Lipinski definition) is 1. The standard InChI is InChI=1S/C29H31ClN2O7/c1-36-24-8-4-6-20(28(24)37-2)27-21-12-18(30)9-10-22(21)32-11-5-7-23(32)25(39-27)13-19(33)14-26(34)31-15-17(16-31)29(35)38-3/h4-12,17,19,25,27,33H,13-16H2,1-3H3/t19?,25-,27-/m1/s1. The maximum atomic E-state index is 12.8. The molecule has 0 saturated carbocycles. The Kier molecular flexibility index (Phi) is 7.83. The van der Waals surface area contributed by atoms with Crippen molar-refractivity contribution in [2.45, 2.75) is 31.2 Å². The molecule has 0 spiro atoms. The number of amides is 1. The molecule has 5 rings (SSSR count). The zero-order valence-electron chi connectivity index (χ0n) is 22.0. The molecule has 3 heterocycles. The molecule has 10 heteroatoms. The van der Waals surface area contributed by atoms with Crippen LogP contribution >= 0.6 is 11.6 Å². The van der Waals surface area contributed by atoms with Crippen LogP contribution in [0.5, 0.6) is 11.5 Å². The summed E-state index contributed by atoms with van der Waals surface area (Å²) in [6, 6.07) is 15.1. The molecule has 3 atom stereocenters. The van der Waals surface area contributed by atoms with Gasteiger partial charge in [0.2, 0.25) is 5.91 Å². The van der Waals surface area contributed by atoms with Crippen LogP contribution in [0.3, 0.4) is 0 Å². The molecule has 9 nitrogen and oxygen atoms in total. The Morgan fingerprint density at radius 1 is 1.08 bits per heavy atom. The number of aromatic nitrogens is 1. The first kappa shape index (κ1) is 27.1. The second-order valence-electron chi connectivity index (χ2n) is 9.71. The minimum atomic E-state index is -0.972. The lowest BCUT2D eigenvalue weighted by atomic mass is 9.97. The number of aliphatic hydroxyl groups excluding tert-OH is 1. The van der Waals surface area contributed by atoms with Crippen LogP contribution in [0, 0.1) is 5.92 Å². The lowest BCUT2D eigenvalue weighted by Crippen LogP contribution is -2.53. The predicted molar refractivity (Wildman–Crippen MR) is 143 cm³/mol. The summed E-state index contributed by atoms with van der Waals surface area (Å²) in [5.41, 5.74) is 3.30. The van der Waals surface area contributed by atoms with Gasteiger partial charge in [-0.3, -0.25) is 9.59 Å². The molecule has 2 aromatic carbocycles. The number of esters is 1. The second kappa shape index (κ2) is 11.3. The first-order chi connectivity index (χ1) is 18.8. The molecular formula is C29H31ClN2O7. The van der Waals surface area contributed by atoms with E-state index < -0.39 is 18.3 Å². The summed E-state index contributed by atoms with van der Waals surface area (Å²) in [7, 11) is 4.49. The Morgan fingerprint density at radius 3 is 2.59 bits per heavy atom. The van der Waals surface area contributed by atoms with Crippen molar-refractivity contribution < 1.29 is 33.6 Å². The fourth-order valence-corrected chi connectivity index (χ4v) is 5.51. The Hall–Kier alpha value is -3.53. The van der Waals surface area contributed by atoms with E-state index in [1.54, 1.807) is 19.1 Å². The fourth-order valence-electron chi connectivity index (χ4n) is 5.33. The average molecular weight is 555 g/mol. The van der Waals surface area contributed by atoms with Crippen molar-refractivity contribution in [1.29, 1.82) is 0 Å². The third kappa shape index (κ3) is 5.22. The van der Waals surface area contributed by atoms with Gasteiger partial charge in [-0.2, -0.15) is 0 Å². The molecule has 2 aliphatic heterocycles. The van der Waals surface area contributed by atoms with E-state index in [1.165, 1.54) is 7.11 Å². The van der Waals surface area contributed by atoms with E-state index in [1.807, 2.05) is 59.3 Å². The molecule has 1 aromatic heterocycles. The molecule has 1 unspecified atom stereocenters. The minimum absolute atomic E-state index is 0.0830. The third-order valence-corrected chi connectivity index (χ3v) is 7.56. The molecule has 0 bridgehead atoms. The highest BCUT2D eigenvalue weighted by molar-refractivity contribution is 6.30. The van der Waals surface area contributed by atoms with Crippen LogP contribution in [0.4, 0.5) is 0 Å². The first-order valence-corrected chi connectivity index (χ1v) is 13.1. The molecule has 206 valence electrons. The monoisotopic (exact) mass is 554 g/mol. The number of hydrogen-bond acceptors (Lipinski definition) is 7. The van der Waals surface area contributed by atoms with Gasteiger partial charge in [-0.15, -0.1) is 0 Å². The van der Waals surface area contributed by atoms with Crippen molar-refractivity contribution in [2.75, 3.05) is 34.4 Å². The van der Waals surface area contributed by atoms with Gasteiger partial charge in [0.25, 0.3) is 0 Å². The van der Waals surface area contributed by atoms with Gasteiger partial charge in [-0.25, -0.2) is 0 Å². The van der Waals surface area contributed by atoms with Gasteiger partial charge < -0.3 is 33.5 Å². The van der Waals surface area contributed by atoms with Gasteiger partial charge in [-0.05, 0) is 36.4 Å². The van der Waals surface area contributed by atoms with Gasteiger partial charge in [0.15, 0.2) is 11.5 Å². The largest absolute Gasteiger partial charge is 0.493 e. The summed E-state index contributed by atoms with van der Waals surface area (Å²) < 4.78 is 24.8. The second-order valence-corrected chi connectivity index (χ2v) is 10.1. The van der Waals surface area contributed by atoms with Crippen molar-refractivity contribution in [1.82, 2.24) is 9.47 Å². The van der Waals surface area contributed by atoms with Crippen LogP contribution in [0.15, 0.2) is 54.7 Å². The number of para-hydroxylation sites is 1. The van der Waals surface area contributed by atoms with Crippen molar-refractivity contribution in [3.8, 4) is 17.2 Å². The number of ether oxygens (including phenoxy) is 4. The lowest BCUT2D eigenvalue weighted by molar-refractivity contribution is -0.156. The molecule has 1 saturated heterocycles. The number of fused-ring (bicyclic) bond motifs is 3. The number of likely N-dealkylation sites (tertiary alicyclic amines) is 1. The lowest BCUT2D eigenvalue weighted by Gasteiger charge is -2.38. The molecule has 1 amide bonds. The van der Waals surface area contributed by atoms with E-state index in [0.29, 0.717) is 29.6 Å². The average Bonchev–Trinajstić information content (AvgIpc) is 3.35. The summed E-state index contributed by atoms with van der Waals surface area (Å²) in [5, 5.41) is 11.6. The molecule has 0 radical (unpaired) electrons. The Labute approximate surface area is 231 Å². The number of methoxy groups -OCH3 is 3. The summed E-state index contributed by atoms with van der Waals surface area (Å²) in [6.07, 6.45) is -0.106. The van der Waals surface area contributed by atoms with E-state index in [9.17, 15) is 14.7 Å². The van der Waals surface area contributed by atoms with Crippen LogP contribution in [0.25, 0.3) is 5.69 Å². The number of rotatable bonds is 8. The normalized spacial score (nSPS) is 19.3. The Balaban J connectivity index is 1.44. The van der Waals surface area contributed by atoms with Gasteiger partial charge in [0, 0.05) is 41.9 Å². The highest BCUT2D eigenvalue weighted by Gasteiger charge is 2.38. The molecule has 1 N–H and O–H groups in total. The van der Waals surface area contributed by atoms with Crippen molar-refractivity contribution in [3.05, 3.63) is 76.6 Å². The summed E-state index contributed by atoms with van der Waals surface area (Å²) in [6.45, 7) is 0.601. The molecule has 3 aromatic rings. The number of halogens is 1. The number of carbonyl (C=O) groups excluding carboxylic acids is 2. The van der Waals surface area contributed by atoms with E-state index >= 15 is 0 Å². The molecule has 39 heavy (non-hydrogen) atoms. The maximum absolute atomic E-state index is 12.8. The highest BCUT2D eigenvalue weighted by Crippen LogP contribution is 2.46. The molecule has 1 fully saturated rings. The minimum Gasteiger partial charge on any atom is -0.493 e. The highest BCUT2D eigenvalue weighted by atomic mass is 35.5. The van der Waals surface area contributed by atoms with Crippen molar-refractivity contribution >= 4 is 23.5 Å². The van der Waals surface area contributed by atoms with Crippen LogP contribution in [-0.2, 0) is 19.1 Å². The Bertz CT molecular complexity index is 1370. The smallest absolute Gasteiger partial charge is 0.312 e. The van der Waals surface area contributed by atoms with Crippen molar-refractivity contribution in [3.63, 3.8) is 0 Å². The topological polar surface area (TPSA) is 99.5 Å². The van der Waals surface area contributed by atoms with Crippen LogP contribution < -0.4 is 9.47 Å². The van der Waals surface area contributed by atoms with Crippen LogP contribution in [-0.4, -0.2) is 67.0 Å². The Morgan fingerprint density at radius 2 is 1.87 bits per heavy atom. The molecule has 2 aliphatic rings. The van der Waals surface area contributed by atoms with Gasteiger partial charge in [0.1, 0.15) is 12.2 Å². The number of nitrogens with zero attached hydrogens (tertiary/aromatic N) is 2. The van der Waals surface area contributed by atoms with Gasteiger partial charge >= 0.3 is 5.97 Å². The first-order valence-electron chi connectivity index (χ1n) is 12.7. The summed E-state index contributed by atoms with van der Waals surface area (Å²) in [4.78, 5) is 26.0. The van der Waals surface area contributed by atoms with E-state index in [2.05, 4.69) is 0 Å². The van der Waals surface area contributed by atoms with E-state index in [0.717, 1.165) is 22.5 Å². The SMILES string of the molecule is COC(=O)C1CN(C(=O)CC(O)C[C@H]2O[C@H](c3cccc(OC)c3OC)c3cc(Cl)ccc3-n3cccc32)C1. The zero-order valence-corrected chi connectivity index (χ0v) is 22.8. The zero-order chi connectivity index (χ0) is 27.7. The number of carbonyl (C=O) groups is 2. The van der Waals surface area contributed by atoms with E-state index in [4.69, 9.17) is 30.5 Å². The fraction of sp³-hybridized carbons (Fsp3) is 0.379. The van der Waals surface area contributed by atoms with Gasteiger partial charge in [0.05, 0.1) is 51.2 Å². The summed E-state index contributed by atoms with van der Waals surface area (Å²) >= 11 is 6.45. The van der Waals surface area contributed by atoms with Gasteiger partial charge in [-0.1, -0.05) is 23.7 Å². The molecule has 0 aliphatic carbocycles. The molecular weight excluding hydrogens is 524 g/mol. The third-order valence-electron chi connectivity index (χ3n) is 7.32. The predicted octanol–water partition coefficient (Wildman–Crippen LogP) is 4.08. The van der Waals surface area contributed by atoms with Crippen LogP contribution in [0.2, 0.25) is 5.02 Å². The number of aliphatic hydroxyl groups is 1.